The number of aromatic carboxylic acids is 1. The van der Waals surface area contributed by atoms with Crippen LogP contribution in [0.5, 0.6) is 0 Å². The van der Waals surface area contributed by atoms with E-state index in [1.54, 1.807) is 12.1 Å². The van der Waals surface area contributed by atoms with E-state index >= 15 is 0 Å². The van der Waals surface area contributed by atoms with Gasteiger partial charge in [0.15, 0.2) is 0 Å². The van der Waals surface area contributed by atoms with Crippen molar-refractivity contribution >= 4 is 5.97 Å². The van der Waals surface area contributed by atoms with Gasteiger partial charge in [0.25, 0.3) is 0 Å². The molecule has 0 aliphatic rings. The van der Waals surface area contributed by atoms with Crippen molar-refractivity contribution < 1.29 is 9.90 Å². The fourth-order valence-electron chi connectivity index (χ4n) is 1.19. The van der Waals surface area contributed by atoms with Gasteiger partial charge in [0.2, 0.25) is 0 Å². The number of hydrogen-bond acceptors (Lipinski definition) is 1. The molecule has 0 aliphatic heterocycles. The predicted molar refractivity (Wildman–Crippen MR) is 47.5 cm³/mol. The van der Waals surface area contributed by atoms with Crippen molar-refractivity contribution in [3.63, 3.8) is 0 Å². The summed E-state index contributed by atoms with van der Waals surface area (Å²) >= 11 is 0. The maximum atomic E-state index is 10.6. The van der Waals surface area contributed by atoms with Gasteiger partial charge in [-0.25, -0.2) is 4.79 Å². The summed E-state index contributed by atoms with van der Waals surface area (Å²) in [4.78, 5) is 10.6. The average molecular weight is 164 g/mol. The second-order valence-corrected chi connectivity index (χ2v) is 2.87. The average Bonchev–Trinajstić information content (AvgIpc) is 2.03. The summed E-state index contributed by atoms with van der Waals surface area (Å²) in [6.45, 7) is 3.92. The van der Waals surface area contributed by atoms with E-state index < -0.39 is 5.97 Å². The summed E-state index contributed by atoms with van der Waals surface area (Å²) in [7, 11) is 0. The number of aryl methyl sites for hydroxylation is 2. The Morgan fingerprint density at radius 1 is 1.42 bits per heavy atom. The fraction of sp³-hybridized carbons (Fsp3) is 0.300. The second kappa shape index (κ2) is 3.39. The van der Waals surface area contributed by atoms with E-state index in [9.17, 15) is 4.79 Å². The number of hydrogen-bond donors (Lipinski definition) is 1. The van der Waals surface area contributed by atoms with E-state index in [-0.39, 0.29) is 0 Å². The number of carbonyl (C=O) groups is 1. The molecule has 0 heterocycles. The normalized spacial score (nSPS) is 9.83. The Labute approximate surface area is 71.8 Å². The van der Waals surface area contributed by atoms with Gasteiger partial charge in [0, 0.05) is 0 Å². The Morgan fingerprint density at radius 3 is 2.58 bits per heavy atom. The smallest absolute Gasteiger partial charge is 0.335 e. The van der Waals surface area contributed by atoms with Crippen LogP contribution in [0.15, 0.2) is 18.2 Å². The van der Waals surface area contributed by atoms with Crippen LogP contribution < -0.4 is 0 Å². The zero-order valence-corrected chi connectivity index (χ0v) is 7.29. The van der Waals surface area contributed by atoms with Gasteiger partial charge in [-0.3, -0.25) is 0 Å². The molecule has 1 rings (SSSR count). The molecule has 0 unspecified atom stereocenters. The monoisotopic (exact) mass is 164 g/mol. The number of carboxylic acids is 1. The molecule has 12 heavy (non-hydrogen) atoms. The van der Waals surface area contributed by atoms with Crippen LogP contribution in [0.25, 0.3) is 0 Å². The van der Waals surface area contributed by atoms with Crippen molar-refractivity contribution in [1.29, 1.82) is 0 Å². The van der Waals surface area contributed by atoms with Gasteiger partial charge in [-0.05, 0) is 31.0 Å². The van der Waals surface area contributed by atoms with Gasteiger partial charge in [0.1, 0.15) is 0 Å². The summed E-state index contributed by atoms with van der Waals surface area (Å²) < 4.78 is 0. The van der Waals surface area contributed by atoms with Gasteiger partial charge in [-0.1, -0.05) is 18.6 Å². The first kappa shape index (κ1) is 8.78. The van der Waals surface area contributed by atoms with E-state index in [1.807, 2.05) is 19.9 Å². The molecular weight excluding hydrogens is 152 g/mol. The first-order valence-electron chi connectivity index (χ1n) is 3.97. The Hall–Kier alpha value is -1.31. The van der Waals surface area contributed by atoms with Crippen LogP contribution in [-0.2, 0) is 6.42 Å². The van der Waals surface area contributed by atoms with Crippen molar-refractivity contribution in [1.82, 2.24) is 0 Å². The minimum absolute atomic E-state index is 0.381. The minimum atomic E-state index is -0.853. The molecule has 0 atom stereocenters. The first-order valence-corrected chi connectivity index (χ1v) is 3.97. The van der Waals surface area contributed by atoms with Gasteiger partial charge in [-0.2, -0.15) is 0 Å². The molecule has 2 nitrogen and oxygen atoms in total. The first-order chi connectivity index (χ1) is 5.63. The minimum Gasteiger partial charge on any atom is -0.478 e. The Morgan fingerprint density at radius 2 is 2.08 bits per heavy atom. The maximum absolute atomic E-state index is 10.6. The highest BCUT2D eigenvalue weighted by Gasteiger charge is 2.03. The van der Waals surface area contributed by atoms with Crippen LogP contribution in [0.3, 0.4) is 0 Å². The molecule has 0 spiro atoms. The molecule has 1 aromatic rings. The summed E-state index contributed by atoms with van der Waals surface area (Å²) in [5.41, 5.74) is 2.46. The second-order valence-electron chi connectivity index (χ2n) is 2.87. The topological polar surface area (TPSA) is 37.3 Å². The highest BCUT2D eigenvalue weighted by molar-refractivity contribution is 5.88. The SMILES string of the molecule is CCc1cc(C)cc(C(=O)O)c1. The summed E-state index contributed by atoms with van der Waals surface area (Å²) in [5, 5.41) is 8.73. The highest BCUT2D eigenvalue weighted by atomic mass is 16.4. The third-order valence-electron chi connectivity index (χ3n) is 1.79. The lowest BCUT2D eigenvalue weighted by atomic mass is 10.1. The van der Waals surface area contributed by atoms with Crippen LogP contribution in [0, 0.1) is 6.92 Å². The standard InChI is InChI=1S/C10H12O2/c1-3-8-4-7(2)5-9(6-8)10(11)12/h4-6H,3H2,1-2H3,(H,11,12). The summed E-state index contributed by atoms with van der Waals surface area (Å²) in [5.74, 6) is -0.853. The Bertz CT molecular complexity index is 303. The molecule has 0 saturated carbocycles. The molecule has 0 radical (unpaired) electrons. The maximum Gasteiger partial charge on any atom is 0.335 e. The van der Waals surface area contributed by atoms with Crippen molar-refractivity contribution in [2.75, 3.05) is 0 Å². The van der Waals surface area contributed by atoms with Gasteiger partial charge < -0.3 is 5.11 Å². The van der Waals surface area contributed by atoms with Crippen molar-refractivity contribution in [2.24, 2.45) is 0 Å². The number of benzene rings is 1. The number of carboxylic acid groups (broad SMARTS) is 1. The number of rotatable bonds is 2. The van der Waals surface area contributed by atoms with E-state index in [2.05, 4.69) is 0 Å². The molecule has 2 heteroatoms. The lowest BCUT2D eigenvalue weighted by molar-refractivity contribution is 0.0696. The molecular formula is C10H12O2. The van der Waals surface area contributed by atoms with E-state index in [0.29, 0.717) is 5.56 Å². The lowest BCUT2D eigenvalue weighted by Gasteiger charge is -2.01. The van der Waals surface area contributed by atoms with Crippen molar-refractivity contribution in [3.8, 4) is 0 Å². The van der Waals surface area contributed by atoms with Gasteiger partial charge in [0.05, 0.1) is 5.56 Å². The van der Waals surface area contributed by atoms with E-state index in [4.69, 9.17) is 5.11 Å². The van der Waals surface area contributed by atoms with Crippen LogP contribution in [0.4, 0.5) is 0 Å². The van der Waals surface area contributed by atoms with Crippen molar-refractivity contribution in [2.45, 2.75) is 20.3 Å². The zero-order chi connectivity index (χ0) is 9.14. The molecule has 0 fully saturated rings. The Kier molecular flexibility index (Phi) is 2.48. The lowest BCUT2D eigenvalue weighted by Crippen LogP contribution is -1.98. The molecule has 0 bridgehead atoms. The molecule has 0 saturated heterocycles. The highest BCUT2D eigenvalue weighted by Crippen LogP contribution is 2.10. The Balaban J connectivity index is 3.15. The molecule has 1 aromatic carbocycles. The van der Waals surface area contributed by atoms with Crippen LogP contribution in [0.1, 0.15) is 28.4 Å². The van der Waals surface area contributed by atoms with Crippen molar-refractivity contribution in [3.05, 3.63) is 34.9 Å². The van der Waals surface area contributed by atoms with E-state index in [1.165, 1.54) is 0 Å². The third-order valence-corrected chi connectivity index (χ3v) is 1.79. The van der Waals surface area contributed by atoms with E-state index in [0.717, 1.165) is 17.5 Å². The van der Waals surface area contributed by atoms with Gasteiger partial charge >= 0.3 is 5.97 Å². The van der Waals surface area contributed by atoms with Crippen LogP contribution in [0.2, 0.25) is 0 Å². The zero-order valence-electron chi connectivity index (χ0n) is 7.29. The molecule has 0 aromatic heterocycles. The largest absolute Gasteiger partial charge is 0.478 e. The molecule has 0 amide bonds. The molecule has 64 valence electrons. The summed E-state index contributed by atoms with van der Waals surface area (Å²) in [6, 6.07) is 5.41. The van der Waals surface area contributed by atoms with Crippen LogP contribution in [-0.4, -0.2) is 11.1 Å². The molecule has 1 N–H and O–H groups in total. The summed E-state index contributed by atoms with van der Waals surface area (Å²) in [6.07, 6.45) is 0.877. The third kappa shape index (κ3) is 1.84. The van der Waals surface area contributed by atoms with Gasteiger partial charge in [-0.15, -0.1) is 0 Å². The van der Waals surface area contributed by atoms with Crippen LogP contribution >= 0.6 is 0 Å². The fourth-order valence-corrected chi connectivity index (χ4v) is 1.19. The quantitative estimate of drug-likeness (QED) is 0.727. The molecule has 0 aliphatic carbocycles. The predicted octanol–water partition coefficient (Wildman–Crippen LogP) is 2.26.